The van der Waals surface area contributed by atoms with Gasteiger partial charge < -0.3 is 5.73 Å². The molecular formula is C11H16N4O2. The third kappa shape index (κ3) is 2.21. The molecule has 2 rings (SSSR count). The average molecular weight is 236 g/mol. The summed E-state index contributed by atoms with van der Waals surface area (Å²) < 4.78 is 1.57. The van der Waals surface area contributed by atoms with Crippen LogP contribution in [0.15, 0.2) is 6.20 Å². The number of carbonyl (C=O) groups is 2. The van der Waals surface area contributed by atoms with Crippen molar-refractivity contribution in [3.63, 3.8) is 0 Å². The fourth-order valence-electron chi connectivity index (χ4n) is 2.01. The Hall–Kier alpha value is -1.69. The molecule has 1 aromatic heterocycles. The monoisotopic (exact) mass is 236 g/mol. The number of anilines is 1. The van der Waals surface area contributed by atoms with Crippen LogP contribution in [0.1, 0.15) is 31.2 Å². The van der Waals surface area contributed by atoms with Crippen LogP contribution in [0.4, 0.5) is 5.82 Å². The zero-order valence-electron chi connectivity index (χ0n) is 9.85. The van der Waals surface area contributed by atoms with Gasteiger partial charge in [0.25, 0.3) is 0 Å². The zero-order valence-corrected chi connectivity index (χ0v) is 9.85. The molecule has 0 unspecified atom stereocenters. The first-order chi connectivity index (χ1) is 8.13. The van der Waals surface area contributed by atoms with E-state index in [0.29, 0.717) is 18.7 Å². The van der Waals surface area contributed by atoms with Crippen molar-refractivity contribution in [2.24, 2.45) is 12.8 Å². The van der Waals surface area contributed by atoms with E-state index in [1.807, 2.05) is 0 Å². The first-order valence-electron chi connectivity index (χ1n) is 5.72. The Morgan fingerprint density at radius 3 is 2.41 bits per heavy atom. The summed E-state index contributed by atoms with van der Waals surface area (Å²) in [4.78, 5) is 25.0. The number of nitrogens with zero attached hydrogens (tertiary/aromatic N) is 3. The third-order valence-corrected chi connectivity index (χ3v) is 2.84. The van der Waals surface area contributed by atoms with Crippen molar-refractivity contribution in [1.82, 2.24) is 9.78 Å². The molecule has 6 heteroatoms. The van der Waals surface area contributed by atoms with Crippen molar-refractivity contribution in [1.29, 1.82) is 0 Å². The van der Waals surface area contributed by atoms with Gasteiger partial charge >= 0.3 is 0 Å². The Balaban J connectivity index is 2.41. The summed E-state index contributed by atoms with van der Waals surface area (Å²) in [6, 6.07) is 0. The minimum atomic E-state index is -0.180. The number of imide groups is 1. The molecule has 2 amide bonds. The number of hydrogen-bond acceptors (Lipinski definition) is 4. The molecule has 2 heterocycles. The van der Waals surface area contributed by atoms with Crippen LogP contribution in [0.25, 0.3) is 0 Å². The molecular weight excluding hydrogens is 220 g/mol. The highest BCUT2D eigenvalue weighted by atomic mass is 16.2. The van der Waals surface area contributed by atoms with Crippen LogP contribution >= 0.6 is 0 Å². The zero-order chi connectivity index (χ0) is 12.4. The van der Waals surface area contributed by atoms with E-state index in [9.17, 15) is 9.59 Å². The molecule has 0 atom stereocenters. The molecule has 2 N–H and O–H groups in total. The molecule has 92 valence electrons. The summed E-state index contributed by atoms with van der Waals surface area (Å²) in [5, 5.41) is 4.17. The highest BCUT2D eigenvalue weighted by Crippen LogP contribution is 2.23. The van der Waals surface area contributed by atoms with Gasteiger partial charge in [0.15, 0.2) is 5.82 Å². The van der Waals surface area contributed by atoms with E-state index in [1.165, 1.54) is 4.90 Å². The first-order valence-corrected chi connectivity index (χ1v) is 5.72. The smallest absolute Gasteiger partial charge is 0.235 e. The molecule has 0 aliphatic carbocycles. The quantitative estimate of drug-likeness (QED) is 0.749. The first kappa shape index (κ1) is 11.8. The minimum Gasteiger partial charge on any atom is -0.326 e. The molecule has 0 aromatic carbocycles. The molecule has 0 spiro atoms. The predicted octanol–water partition coefficient (Wildman–Crippen LogP) is 0.312. The Bertz CT molecular complexity index is 434. The van der Waals surface area contributed by atoms with E-state index in [4.69, 9.17) is 5.73 Å². The number of carbonyl (C=O) groups excluding carboxylic acids is 2. The highest BCUT2D eigenvalue weighted by Gasteiger charge is 2.29. The van der Waals surface area contributed by atoms with Crippen LogP contribution in [-0.4, -0.2) is 21.6 Å². The fourth-order valence-corrected chi connectivity index (χ4v) is 2.01. The lowest BCUT2D eigenvalue weighted by molar-refractivity contribution is -0.125. The lowest BCUT2D eigenvalue weighted by Crippen LogP contribution is -2.36. The standard InChI is InChI=1S/C11H16N4O2/c1-14-7-8(6-12)11(13-14)15-9(16)4-2-3-5-10(15)17/h7H,2-6,12H2,1H3. The number of aryl methyl sites for hydroxylation is 1. The second-order valence-electron chi connectivity index (χ2n) is 4.19. The van der Waals surface area contributed by atoms with Gasteiger partial charge in [-0.15, -0.1) is 0 Å². The molecule has 1 aliphatic heterocycles. The second-order valence-corrected chi connectivity index (χ2v) is 4.19. The predicted molar refractivity (Wildman–Crippen MR) is 62.1 cm³/mol. The van der Waals surface area contributed by atoms with Crippen LogP contribution in [0, 0.1) is 0 Å². The third-order valence-electron chi connectivity index (χ3n) is 2.84. The van der Waals surface area contributed by atoms with Crippen molar-refractivity contribution >= 4 is 17.6 Å². The van der Waals surface area contributed by atoms with E-state index in [2.05, 4.69) is 5.10 Å². The Morgan fingerprint density at radius 1 is 1.29 bits per heavy atom. The molecule has 0 saturated carbocycles. The summed E-state index contributed by atoms with van der Waals surface area (Å²) >= 11 is 0. The maximum Gasteiger partial charge on any atom is 0.235 e. The van der Waals surface area contributed by atoms with Gasteiger partial charge in [-0.2, -0.15) is 5.10 Å². The van der Waals surface area contributed by atoms with Crippen LogP contribution in [0.5, 0.6) is 0 Å². The van der Waals surface area contributed by atoms with Gasteiger partial charge in [-0.05, 0) is 12.8 Å². The number of amides is 2. The van der Waals surface area contributed by atoms with Crippen molar-refractivity contribution in [2.75, 3.05) is 4.90 Å². The van der Waals surface area contributed by atoms with Gasteiger partial charge in [-0.3, -0.25) is 14.3 Å². The fraction of sp³-hybridized carbons (Fsp3) is 0.545. The summed E-state index contributed by atoms with van der Waals surface area (Å²) in [5.41, 5.74) is 6.32. The van der Waals surface area contributed by atoms with Crippen molar-refractivity contribution in [3.8, 4) is 0 Å². The molecule has 1 aromatic rings. The van der Waals surface area contributed by atoms with E-state index >= 15 is 0 Å². The maximum atomic E-state index is 11.9. The molecule has 6 nitrogen and oxygen atoms in total. The normalized spacial score (nSPS) is 17.4. The van der Waals surface area contributed by atoms with E-state index in [-0.39, 0.29) is 18.4 Å². The van der Waals surface area contributed by atoms with E-state index in [1.54, 1.807) is 17.9 Å². The second kappa shape index (κ2) is 4.67. The molecule has 1 aliphatic rings. The highest BCUT2D eigenvalue weighted by molar-refractivity contribution is 6.15. The van der Waals surface area contributed by atoms with Gasteiger partial charge in [0.1, 0.15) is 0 Å². The van der Waals surface area contributed by atoms with Gasteiger partial charge in [0.2, 0.25) is 11.8 Å². The molecule has 0 radical (unpaired) electrons. The summed E-state index contributed by atoms with van der Waals surface area (Å²) in [5.74, 6) is 0.0358. The topological polar surface area (TPSA) is 81.2 Å². The van der Waals surface area contributed by atoms with Gasteiger partial charge in [-0.25, -0.2) is 4.90 Å². The molecule has 1 fully saturated rings. The van der Waals surface area contributed by atoms with E-state index < -0.39 is 0 Å². The van der Waals surface area contributed by atoms with Crippen molar-refractivity contribution in [2.45, 2.75) is 32.2 Å². The summed E-state index contributed by atoms with van der Waals surface area (Å²) in [7, 11) is 1.75. The van der Waals surface area contributed by atoms with Gasteiger partial charge in [0.05, 0.1) is 0 Å². The number of aromatic nitrogens is 2. The van der Waals surface area contributed by atoms with Crippen LogP contribution in [0.2, 0.25) is 0 Å². The van der Waals surface area contributed by atoms with Crippen molar-refractivity contribution < 1.29 is 9.59 Å². The molecule has 17 heavy (non-hydrogen) atoms. The van der Waals surface area contributed by atoms with Gasteiger partial charge in [-0.1, -0.05) is 0 Å². The Labute approximate surface area is 99.4 Å². The summed E-state index contributed by atoms with van der Waals surface area (Å²) in [6.07, 6.45) is 4.04. The van der Waals surface area contributed by atoms with Gasteiger partial charge in [0, 0.05) is 38.2 Å². The lowest BCUT2D eigenvalue weighted by atomic mass is 10.2. The van der Waals surface area contributed by atoms with E-state index in [0.717, 1.165) is 18.4 Å². The minimum absolute atomic E-state index is 0.180. The number of hydrogen-bond donors (Lipinski definition) is 1. The lowest BCUT2D eigenvalue weighted by Gasteiger charge is -2.16. The Kier molecular flexibility index (Phi) is 3.23. The molecule has 0 bridgehead atoms. The van der Waals surface area contributed by atoms with Crippen molar-refractivity contribution in [3.05, 3.63) is 11.8 Å². The van der Waals surface area contributed by atoms with Crippen LogP contribution in [0.3, 0.4) is 0 Å². The summed E-state index contributed by atoms with van der Waals surface area (Å²) in [6.45, 7) is 0.264. The SMILES string of the molecule is Cn1cc(CN)c(N2C(=O)CCCCC2=O)n1. The van der Waals surface area contributed by atoms with Crippen LogP contribution < -0.4 is 10.6 Å². The average Bonchev–Trinajstić information content (AvgIpc) is 2.57. The molecule has 1 saturated heterocycles. The number of nitrogens with two attached hydrogens (primary N) is 1. The van der Waals surface area contributed by atoms with Crippen LogP contribution in [-0.2, 0) is 23.2 Å². The Morgan fingerprint density at radius 2 is 1.88 bits per heavy atom. The largest absolute Gasteiger partial charge is 0.326 e. The maximum absolute atomic E-state index is 11.9. The number of rotatable bonds is 2.